The third kappa shape index (κ3) is 16.0. The van der Waals surface area contributed by atoms with E-state index in [1.807, 2.05) is 13.8 Å². The van der Waals surface area contributed by atoms with Crippen molar-refractivity contribution in [3.8, 4) is 0 Å². The molecule has 0 heterocycles. The van der Waals surface area contributed by atoms with Crippen molar-refractivity contribution in [1.29, 1.82) is 0 Å². The monoisotopic (exact) mass is 835 g/mol. The van der Waals surface area contributed by atoms with Crippen molar-refractivity contribution in [2.24, 2.45) is 62.6 Å². The van der Waals surface area contributed by atoms with Crippen LogP contribution in [-0.2, 0) is 0 Å². The maximum absolute atomic E-state index is 9.67. The summed E-state index contributed by atoms with van der Waals surface area (Å²) in [6, 6.07) is 0. The van der Waals surface area contributed by atoms with Gasteiger partial charge >= 0.3 is 0 Å². The fourth-order valence-corrected chi connectivity index (χ4v) is 8.39. The Labute approximate surface area is 372 Å². The van der Waals surface area contributed by atoms with E-state index in [0.717, 1.165) is 38.0 Å². The molecule has 0 fully saturated rings. The predicted molar refractivity (Wildman–Crippen MR) is 263 cm³/mol. The maximum atomic E-state index is 9.67. The first-order valence-electron chi connectivity index (χ1n) is 23.9. The largest absolute Gasteiger partial charge is 0.396 e. The van der Waals surface area contributed by atoms with Gasteiger partial charge in [-0.05, 0) is 156 Å². The van der Waals surface area contributed by atoms with E-state index >= 15 is 0 Å². The van der Waals surface area contributed by atoms with Gasteiger partial charge in [0.25, 0.3) is 0 Å². The number of hydrogen-bond acceptors (Lipinski definition) is 4. The van der Waals surface area contributed by atoms with Gasteiger partial charge in [0.1, 0.15) is 0 Å². The van der Waals surface area contributed by atoms with Crippen molar-refractivity contribution in [1.82, 2.24) is 0 Å². The molecule has 0 amide bonds. The third-order valence-electron chi connectivity index (χ3n) is 16.6. The molecule has 0 aromatic rings. The van der Waals surface area contributed by atoms with E-state index in [9.17, 15) is 10.2 Å². The topological polar surface area (TPSA) is 80.9 Å². The number of hydrogen-bond donors (Lipinski definition) is 4. The third-order valence-corrected chi connectivity index (χ3v) is 16.6. The molecule has 0 aromatic heterocycles. The number of aliphatic hydroxyl groups excluding tert-OH is 4. The van der Waals surface area contributed by atoms with E-state index in [0.29, 0.717) is 41.1 Å². The zero-order chi connectivity index (χ0) is 46.4. The molecule has 0 aliphatic heterocycles. The van der Waals surface area contributed by atoms with Crippen molar-refractivity contribution in [2.75, 3.05) is 13.2 Å². The predicted octanol–water partition coefficient (Wildman–Crippen LogP) is 14.6. The van der Waals surface area contributed by atoms with Crippen LogP contribution in [0.15, 0.2) is 82.5 Å². The van der Waals surface area contributed by atoms with Crippen molar-refractivity contribution in [2.45, 2.75) is 195 Å². The molecule has 8 atom stereocenters. The van der Waals surface area contributed by atoms with Crippen LogP contribution >= 0.6 is 0 Å². The Bertz CT molecular complexity index is 1510. The van der Waals surface area contributed by atoms with Crippen LogP contribution in [0, 0.1) is 62.6 Å². The molecular weight excluding hydrogens is 737 g/mol. The lowest BCUT2D eigenvalue weighted by Gasteiger charge is -2.30. The molecule has 4 heteroatoms. The molecule has 346 valence electrons. The van der Waals surface area contributed by atoms with Gasteiger partial charge in [-0.3, -0.25) is 0 Å². The molecule has 4 rings (SSSR count). The highest BCUT2D eigenvalue weighted by Crippen LogP contribution is 2.47. The molecule has 0 aromatic carbocycles. The van der Waals surface area contributed by atoms with Crippen LogP contribution in [0.2, 0.25) is 0 Å². The fraction of sp³-hybridized carbons (Fsp3) is 0.750. The summed E-state index contributed by atoms with van der Waals surface area (Å²) in [5, 5.41) is 37.2. The molecular formula is C56H98O4. The Hall–Kier alpha value is -1.98. The normalized spacial score (nSPS) is 27.4. The van der Waals surface area contributed by atoms with Gasteiger partial charge < -0.3 is 20.4 Å². The lowest BCUT2D eigenvalue weighted by atomic mass is 9.75. The summed E-state index contributed by atoms with van der Waals surface area (Å²) in [7, 11) is 0. The van der Waals surface area contributed by atoms with Gasteiger partial charge in [0.15, 0.2) is 0 Å². The Balaban J connectivity index is 0.000000400. The van der Waals surface area contributed by atoms with Crippen LogP contribution in [0.3, 0.4) is 0 Å². The minimum Gasteiger partial charge on any atom is -0.396 e. The highest BCUT2D eigenvalue weighted by molar-refractivity contribution is 5.24. The quantitative estimate of drug-likeness (QED) is 0.131. The molecule has 0 saturated carbocycles. The first-order chi connectivity index (χ1) is 27.5. The molecule has 8 unspecified atom stereocenters. The average molecular weight is 835 g/mol. The summed E-state index contributed by atoms with van der Waals surface area (Å²) in [5.74, 6) is 3.39. The zero-order valence-corrected chi connectivity index (χ0v) is 42.7. The molecule has 4 aliphatic rings. The Morgan fingerprint density at radius 3 is 1.47 bits per heavy atom. The summed E-state index contributed by atoms with van der Waals surface area (Å²) in [6.07, 6.45) is 29.2. The van der Waals surface area contributed by atoms with Crippen molar-refractivity contribution in [3.05, 3.63) is 82.5 Å². The van der Waals surface area contributed by atoms with E-state index < -0.39 is 0 Å². The van der Waals surface area contributed by atoms with Gasteiger partial charge in [-0.25, -0.2) is 0 Å². The highest BCUT2D eigenvalue weighted by atomic mass is 16.3. The van der Waals surface area contributed by atoms with Crippen molar-refractivity contribution < 1.29 is 20.4 Å². The molecule has 0 saturated heterocycles. The number of aliphatic hydroxyl groups is 4. The van der Waals surface area contributed by atoms with Crippen LogP contribution in [0.5, 0.6) is 0 Å². The van der Waals surface area contributed by atoms with Crippen LogP contribution in [0.25, 0.3) is 0 Å². The van der Waals surface area contributed by atoms with Crippen LogP contribution < -0.4 is 0 Å². The minimum absolute atomic E-state index is 0.132. The summed E-state index contributed by atoms with van der Waals surface area (Å²) in [4.78, 5) is 0. The summed E-state index contributed by atoms with van der Waals surface area (Å²) < 4.78 is 0. The molecule has 60 heavy (non-hydrogen) atoms. The summed E-state index contributed by atoms with van der Waals surface area (Å²) >= 11 is 0. The van der Waals surface area contributed by atoms with E-state index in [1.165, 1.54) is 41.6 Å². The minimum atomic E-state index is -0.303. The molecule has 0 spiro atoms. The van der Waals surface area contributed by atoms with Gasteiger partial charge in [0, 0.05) is 12.0 Å². The van der Waals surface area contributed by atoms with Gasteiger partial charge in [0.2, 0.25) is 0 Å². The number of allylic oxidation sites excluding steroid dienone is 11. The first kappa shape index (κ1) is 56.0. The number of rotatable bonds is 14. The van der Waals surface area contributed by atoms with Crippen LogP contribution in [0.4, 0.5) is 0 Å². The highest BCUT2D eigenvalue weighted by Gasteiger charge is 2.36. The lowest BCUT2D eigenvalue weighted by molar-refractivity contribution is 0.0989. The maximum Gasteiger partial charge on any atom is 0.0641 e. The van der Waals surface area contributed by atoms with Gasteiger partial charge in [0.05, 0.1) is 18.8 Å². The van der Waals surface area contributed by atoms with E-state index in [2.05, 4.69) is 172 Å². The van der Waals surface area contributed by atoms with E-state index in [4.69, 9.17) is 10.2 Å². The van der Waals surface area contributed by atoms with Gasteiger partial charge in [-0.2, -0.15) is 0 Å². The Kier molecular flexibility index (Phi) is 22.6. The Morgan fingerprint density at radius 2 is 1.12 bits per heavy atom. The second-order valence-corrected chi connectivity index (χ2v) is 22.3. The lowest BCUT2D eigenvalue weighted by Crippen LogP contribution is -2.25. The second-order valence-electron chi connectivity index (χ2n) is 22.3. The van der Waals surface area contributed by atoms with Gasteiger partial charge in [-0.1, -0.05) is 167 Å². The summed E-state index contributed by atoms with van der Waals surface area (Å²) in [5.41, 5.74) is 8.35. The molecule has 4 aliphatic carbocycles. The fourth-order valence-electron chi connectivity index (χ4n) is 8.39. The van der Waals surface area contributed by atoms with Crippen LogP contribution in [0.1, 0.15) is 183 Å². The average Bonchev–Trinajstić information content (AvgIpc) is 3.79. The standard InChI is InChI=1S/C15H26O.2C14H24O.C13H24O/c1-11-7-8-13(15(11,5)6)9-10-14(3,4)12(2)16;1-10(12(3)15)6-8-13-9-7-11(2)14(13,4)5;1-5-12(10-15)7-9-13-8-6-11(2)14(13,3)4;1-10(9-14)5-7-12-8-6-11(2)13(12,3)4/h7,9-10,12-13,16H,8H2,1-6H3;6-8,10,12-13,15H,9H2,1-5H3;6-7,13,15H,5,8-10H2,1-4H3;6,10,12,14H,5,7-9H2,1-4H3/b10-9+;8-6+;12-7+;. The van der Waals surface area contributed by atoms with Crippen LogP contribution in [-0.4, -0.2) is 45.8 Å². The smallest absolute Gasteiger partial charge is 0.0641 e. The van der Waals surface area contributed by atoms with E-state index in [1.54, 1.807) is 5.57 Å². The first-order valence-corrected chi connectivity index (χ1v) is 23.9. The SMILES string of the molecule is CC/C(=C\CC1CC=C(C)C1(C)C)CO.CC1=CCC(/C=C/C(C)(C)C(C)O)C1(C)C.CC1=CCC(/C=C/C(C)C(C)O)C1(C)C.CC1=CCC(CCC(C)CO)C1(C)C. The molecule has 0 bridgehead atoms. The Morgan fingerprint density at radius 1 is 0.683 bits per heavy atom. The molecule has 4 N–H and O–H groups in total. The van der Waals surface area contributed by atoms with Crippen molar-refractivity contribution >= 4 is 0 Å². The molecule has 0 radical (unpaired) electrons. The van der Waals surface area contributed by atoms with Crippen molar-refractivity contribution in [3.63, 3.8) is 0 Å². The van der Waals surface area contributed by atoms with E-state index in [-0.39, 0.29) is 41.0 Å². The zero-order valence-electron chi connectivity index (χ0n) is 42.7. The van der Waals surface area contributed by atoms with Gasteiger partial charge in [-0.15, -0.1) is 0 Å². The second kappa shape index (κ2) is 24.2. The summed E-state index contributed by atoms with van der Waals surface area (Å²) in [6.45, 7) is 42.2. The molecule has 4 nitrogen and oxygen atoms in total.